The summed E-state index contributed by atoms with van der Waals surface area (Å²) in [7, 11) is 0. The number of para-hydroxylation sites is 1. The molecule has 0 amide bonds. The van der Waals surface area contributed by atoms with E-state index in [0.29, 0.717) is 0 Å². The Morgan fingerprint density at radius 3 is 1.90 bits per heavy atom. The van der Waals surface area contributed by atoms with Crippen molar-refractivity contribution in [1.82, 2.24) is 10.2 Å². The van der Waals surface area contributed by atoms with Crippen LogP contribution in [-0.2, 0) is 0 Å². The first-order valence-electron chi connectivity index (χ1n) is 10.5. The molecule has 4 aromatic rings. The maximum atomic E-state index is 13.4. The quantitative estimate of drug-likeness (QED) is 0.458. The SMILES string of the molecule is Fc1ccc(-c2cc(-c3ccccc3)c(N3CCN(c4ccccc4)CC3)nn2)cc1. The van der Waals surface area contributed by atoms with Crippen molar-refractivity contribution in [3.05, 3.63) is 96.8 Å². The fraction of sp³-hybridized carbons (Fsp3) is 0.154. The molecule has 154 valence electrons. The maximum Gasteiger partial charge on any atom is 0.159 e. The normalized spacial score (nSPS) is 14.0. The molecule has 1 aromatic heterocycles. The van der Waals surface area contributed by atoms with Gasteiger partial charge in [-0.1, -0.05) is 48.5 Å². The van der Waals surface area contributed by atoms with Gasteiger partial charge >= 0.3 is 0 Å². The summed E-state index contributed by atoms with van der Waals surface area (Å²) in [6.07, 6.45) is 0. The van der Waals surface area contributed by atoms with E-state index >= 15 is 0 Å². The van der Waals surface area contributed by atoms with Crippen molar-refractivity contribution in [2.24, 2.45) is 0 Å². The second-order valence-corrected chi connectivity index (χ2v) is 7.65. The number of aromatic nitrogens is 2. The molecule has 0 bridgehead atoms. The summed E-state index contributed by atoms with van der Waals surface area (Å²) in [5.74, 6) is 0.637. The number of piperazine rings is 1. The Kier molecular flexibility index (Phi) is 5.31. The molecule has 0 radical (unpaired) electrons. The van der Waals surface area contributed by atoms with E-state index in [2.05, 4.69) is 62.5 Å². The average molecular weight is 410 g/mol. The molecular formula is C26H23FN4. The second kappa shape index (κ2) is 8.56. The zero-order valence-corrected chi connectivity index (χ0v) is 17.2. The van der Waals surface area contributed by atoms with Gasteiger partial charge in [0.15, 0.2) is 5.82 Å². The van der Waals surface area contributed by atoms with Crippen LogP contribution in [0.4, 0.5) is 15.9 Å². The van der Waals surface area contributed by atoms with Gasteiger partial charge < -0.3 is 9.80 Å². The summed E-state index contributed by atoms with van der Waals surface area (Å²) in [6, 6.07) is 29.2. The Morgan fingerprint density at radius 2 is 1.23 bits per heavy atom. The van der Waals surface area contributed by atoms with Crippen molar-refractivity contribution >= 4 is 11.5 Å². The Morgan fingerprint density at radius 1 is 0.613 bits per heavy atom. The molecule has 0 N–H and O–H groups in total. The van der Waals surface area contributed by atoms with Gasteiger partial charge in [-0.2, -0.15) is 0 Å². The van der Waals surface area contributed by atoms with Crippen LogP contribution in [0.1, 0.15) is 0 Å². The minimum atomic E-state index is -0.257. The van der Waals surface area contributed by atoms with E-state index in [0.717, 1.165) is 54.4 Å². The summed E-state index contributed by atoms with van der Waals surface area (Å²) >= 11 is 0. The minimum Gasteiger partial charge on any atom is -0.368 e. The van der Waals surface area contributed by atoms with Crippen molar-refractivity contribution < 1.29 is 4.39 Å². The molecule has 0 unspecified atom stereocenters. The zero-order valence-electron chi connectivity index (χ0n) is 17.2. The molecule has 3 aromatic carbocycles. The molecule has 0 saturated carbocycles. The fourth-order valence-electron chi connectivity index (χ4n) is 4.03. The monoisotopic (exact) mass is 410 g/mol. The maximum absolute atomic E-state index is 13.4. The van der Waals surface area contributed by atoms with E-state index in [1.54, 1.807) is 12.1 Å². The van der Waals surface area contributed by atoms with E-state index in [9.17, 15) is 4.39 Å². The highest BCUT2D eigenvalue weighted by atomic mass is 19.1. The largest absolute Gasteiger partial charge is 0.368 e. The van der Waals surface area contributed by atoms with E-state index in [1.165, 1.54) is 17.8 Å². The van der Waals surface area contributed by atoms with Crippen LogP contribution in [0.5, 0.6) is 0 Å². The van der Waals surface area contributed by atoms with Crippen molar-refractivity contribution in [3.63, 3.8) is 0 Å². The number of nitrogens with zero attached hydrogens (tertiary/aromatic N) is 4. The second-order valence-electron chi connectivity index (χ2n) is 7.65. The molecule has 0 spiro atoms. The first kappa shape index (κ1) is 19.2. The highest BCUT2D eigenvalue weighted by Crippen LogP contribution is 2.32. The molecule has 1 aliphatic rings. The van der Waals surface area contributed by atoms with Gasteiger partial charge in [0, 0.05) is 43.0 Å². The molecule has 1 fully saturated rings. The lowest BCUT2D eigenvalue weighted by molar-refractivity contribution is 0.628. The van der Waals surface area contributed by atoms with Crippen LogP contribution in [0.2, 0.25) is 0 Å². The lowest BCUT2D eigenvalue weighted by atomic mass is 10.0. The molecule has 5 rings (SSSR count). The van der Waals surface area contributed by atoms with Crippen LogP contribution < -0.4 is 9.80 Å². The number of hydrogen-bond donors (Lipinski definition) is 0. The third-order valence-corrected chi connectivity index (χ3v) is 5.70. The molecule has 5 heteroatoms. The number of rotatable bonds is 4. The van der Waals surface area contributed by atoms with Gasteiger partial charge in [0.05, 0.1) is 5.69 Å². The number of halogens is 1. The van der Waals surface area contributed by atoms with Crippen molar-refractivity contribution in [2.75, 3.05) is 36.0 Å². The topological polar surface area (TPSA) is 32.3 Å². The number of benzene rings is 3. The van der Waals surface area contributed by atoms with Crippen LogP contribution in [0.15, 0.2) is 91.0 Å². The van der Waals surface area contributed by atoms with Gasteiger partial charge in [-0.3, -0.25) is 0 Å². The Bertz CT molecular complexity index is 1140. The highest BCUT2D eigenvalue weighted by molar-refractivity contribution is 5.79. The number of hydrogen-bond acceptors (Lipinski definition) is 4. The zero-order chi connectivity index (χ0) is 21.0. The van der Waals surface area contributed by atoms with Crippen LogP contribution in [0, 0.1) is 5.82 Å². The minimum absolute atomic E-state index is 0.257. The Labute approximate surface area is 181 Å². The van der Waals surface area contributed by atoms with Crippen molar-refractivity contribution in [2.45, 2.75) is 0 Å². The average Bonchev–Trinajstić information content (AvgIpc) is 2.85. The molecule has 2 heterocycles. The molecule has 1 saturated heterocycles. The van der Waals surface area contributed by atoms with E-state index < -0.39 is 0 Å². The van der Waals surface area contributed by atoms with Gasteiger partial charge in [-0.05, 0) is 48.0 Å². The summed E-state index contributed by atoms with van der Waals surface area (Å²) in [5.41, 5.74) is 4.99. The Balaban J connectivity index is 1.46. The molecular weight excluding hydrogens is 387 g/mol. The van der Waals surface area contributed by atoms with Crippen LogP contribution >= 0.6 is 0 Å². The van der Waals surface area contributed by atoms with Gasteiger partial charge in [0.25, 0.3) is 0 Å². The molecule has 1 aliphatic heterocycles. The first-order chi connectivity index (χ1) is 15.3. The standard InChI is InChI=1S/C26H23FN4/c27-22-13-11-21(12-14-22)25-19-24(20-7-3-1-4-8-20)26(29-28-25)31-17-15-30(16-18-31)23-9-5-2-6-10-23/h1-14,19H,15-18H2. The molecule has 31 heavy (non-hydrogen) atoms. The molecule has 0 aliphatic carbocycles. The molecule has 4 nitrogen and oxygen atoms in total. The first-order valence-corrected chi connectivity index (χ1v) is 10.5. The van der Waals surface area contributed by atoms with Crippen LogP contribution in [0.3, 0.4) is 0 Å². The van der Waals surface area contributed by atoms with E-state index in [-0.39, 0.29) is 5.82 Å². The predicted molar refractivity (Wildman–Crippen MR) is 124 cm³/mol. The van der Waals surface area contributed by atoms with Gasteiger partial charge in [0.2, 0.25) is 0 Å². The van der Waals surface area contributed by atoms with Crippen molar-refractivity contribution in [1.29, 1.82) is 0 Å². The summed E-state index contributed by atoms with van der Waals surface area (Å²) in [5, 5.41) is 9.13. The smallest absolute Gasteiger partial charge is 0.159 e. The van der Waals surface area contributed by atoms with Gasteiger partial charge in [0.1, 0.15) is 5.82 Å². The van der Waals surface area contributed by atoms with Gasteiger partial charge in [-0.15, -0.1) is 10.2 Å². The van der Waals surface area contributed by atoms with E-state index in [4.69, 9.17) is 0 Å². The van der Waals surface area contributed by atoms with E-state index in [1.807, 2.05) is 24.3 Å². The fourth-order valence-corrected chi connectivity index (χ4v) is 4.03. The highest BCUT2D eigenvalue weighted by Gasteiger charge is 2.22. The van der Waals surface area contributed by atoms with Gasteiger partial charge in [-0.25, -0.2) is 4.39 Å². The summed E-state index contributed by atoms with van der Waals surface area (Å²) < 4.78 is 13.4. The molecule has 0 atom stereocenters. The predicted octanol–water partition coefficient (Wildman–Crippen LogP) is 5.28. The number of anilines is 2. The third-order valence-electron chi connectivity index (χ3n) is 5.70. The lowest BCUT2D eigenvalue weighted by Gasteiger charge is -2.37. The third kappa shape index (κ3) is 4.12. The Hall–Kier alpha value is -3.73. The summed E-state index contributed by atoms with van der Waals surface area (Å²) in [4.78, 5) is 4.71. The van der Waals surface area contributed by atoms with Crippen LogP contribution in [0.25, 0.3) is 22.4 Å². The lowest BCUT2D eigenvalue weighted by Crippen LogP contribution is -2.47. The summed E-state index contributed by atoms with van der Waals surface area (Å²) in [6.45, 7) is 3.61. The van der Waals surface area contributed by atoms with Crippen molar-refractivity contribution in [3.8, 4) is 22.4 Å². The van der Waals surface area contributed by atoms with Crippen LogP contribution in [-0.4, -0.2) is 36.4 Å².